The molecule has 0 amide bonds. The summed E-state index contributed by atoms with van der Waals surface area (Å²) in [6, 6.07) is 15.3. The van der Waals surface area contributed by atoms with Crippen LogP contribution in [0.3, 0.4) is 0 Å². The van der Waals surface area contributed by atoms with E-state index in [-0.39, 0.29) is 11.9 Å². The quantitative estimate of drug-likeness (QED) is 0.874. The first-order valence-electron chi connectivity index (χ1n) is 6.97. The van der Waals surface area contributed by atoms with E-state index in [0.717, 1.165) is 5.69 Å². The van der Waals surface area contributed by atoms with Crippen molar-refractivity contribution < 1.29 is 4.39 Å². The van der Waals surface area contributed by atoms with Crippen molar-refractivity contribution in [1.29, 1.82) is 0 Å². The maximum atomic E-state index is 14.1. The van der Waals surface area contributed by atoms with Crippen LogP contribution in [0.5, 0.6) is 0 Å². The molecule has 1 unspecified atom stereocenters. The number of halogens is 1. The summed E-state index contributed by atoms with van der Waals surface area (Å²) in [7, 11) is 1.93. The molecule has 0 aliphatic heterocycles. The van der Waals surface area contributed by atoms with E-state index in [4.69, 9.17) is 0 Å². The van der Waals surface area contributed by atoms with Gasteiger partial charge in [0.2, 0.25) is 0 Å². The second kappa shape index (κ2) is 6.53. The molecule has 2 rings (SSSR count). The number of benzene rings is 2. The zero-order chi connectivity index (χ0) is 14.5. The van der Waals surface area contributed by atoms with Crippen LogP contribution in [0.15, 0.2) is 48.5 Å². The summed E-state index contributed by atoms with van der Waals surface area (Å²) < 4.78 is 14.1. The van der Waals surface area contributed by atoms with Gasteiger partial charge in [-0.15, -0.1) is 0 Å². The topological polar surface area (TPSA) is 15.3 Å². The molecule has 1 N–H and O–H groups in total. The van der Waals surface area contributed by atoms with E-state index in [1.54, 1.807) is 6.07 Å². The highest BCUT2D eigenvalue weighted by Gasteiger charge is 2.16. The van der Waals surface area contributed by atoms with Gasteiger partial charge in [-0.25, -0.2) is 4.39 Å². The van der Waals surface area contributed by atoms with Crippen molar-refractivity contribution in [2.45, 2.75) is 19.9 Å². The Labute approximate surface area is 120 Å². The summed E-state index contributed by atoms with van der Waals surface area (Å²) in [4.78, 5) is 2.01. The smallest absolute Gasteiger partial charge is 0.146 e. The van der Waals surface area contributed by atoms with Gasteiger partial charge in [-0.1, -0.05) is 30.3 Å². The molecule has 0 aliphatic rings. The molecule has 0 bridgehead atoms. The molecule has 2 nitrogen and oxygen atoms in total. The van der Waals surface area contributed by atoms with Crippen molar-refractivity contribution in [3.05, 3.63) is 59.9 Å². The molecule has 0 heterocycles. The Bertz CT molecular complexity index is 568. The lowest BCUT2D eigenvalue weighted by Crippen LogP contribution is -2.22. The lowest BCUT2D eigenvalue weighted by atomic mass is 10.0. The van der Waals surface area contributed by atoms with Gasteiger partial charge in [0, 0.05) is 18.3 Å². The van der Waals surface area contributed by atoms with Crippen LogP contribution in [0.4, 0.5) is 15.8 Å². The van der Waals surface area contributed by atoms with Gasteiger partial charge in [-0.2, -0.15) is 0 Å². The lowest BCUT2D eigenvalue weighted by Gasteiger charge is -2.28. The Morgan fingerprint density at radius 3 is 2.25 bits per heavy atom. The van der Waals surface area contributed by atoms with Crippen LogP contribution in [0.1, 0.15) is 25.5 Å². The lowest BCUT2D eigenvalue weighted by molar-refractivity contribution is 0.623. The second-order valence-electron chi connectivity index (χ2n) is 4.76. The maximum Gasteiger partial charge on any atom is 0.146 e. The fourth-order valence-corrected chi connectivity index (χ4v) is 2.40. The fraction of sp³-hybridized carbons (Fsp3) is 0.294. The minimum absolute atomic E-state index is 0.193. The largest absolute Gasteiger partial charge is 0.339 e. The van der Waals surface area contributed by atoms with Crippen LogP contribution >= 0.6 is 0 Å². The van der Waals surface area contributed by atoms with Crippen molar-refractivity contribution in [2.24, 2.45) is 0 Å². The van der Waals surface area contributed by atoms with E-state index in [1.165, 1.54) is 11.6 Å². The Kier molecular flexibility index (Phi) is 4.74. The van der Waals surface area contributed by atoms with Gasteiger partial charge < -0.3 is 10.2 Å². The summed E-state index contributed by atoms with van der Waals surface area (Å²) in [6.45, 7) is 4.86. The molecular formula is C17H21FN2. The first kappa shape index (κ1) is 14.5. The second-order valence-corrected chi connectivity index (χ2v) is 4.76. The molecule has 0 fully saturated rings. The molecule has 0 saturated heterocycles. The number of hydrogen-bond acceptors (Lipinski definition) is 2. The number of nitrogens with zero attached hydrogens (tertiary/aromatic N) is 1. The molecule has 0 radical (unpaired) electrons. The number of hydrogen-bond donors (Lipinski definition) is 1. The van der Waals surface area contributed by atoms with E-state index < -0.39 is 0 Å². The van der Waals surface area contributed by atoms with Gasteiger partial charge in [0.15, 0.2) is 0 Å². The third kappa shape index (κ3) is 2.83. The van der Waals surface area contributed by atoms with Crippen LogP contribution in [0.2, 0.25) is 0 Å². The predicted octanol–water partition coefficient (Wildman–Crippen LogP) is 4.26. The maximum absolute atomic E-state index is 14.1. The molecule has 0 aliphatic carbocycles. The van der Waals surface area contributed by atoms with Crippen molar-refractivity contribution in [3.63, 3.8) is 0 Å². The van der Waals surface area contributed by atoms with Gasteiger partial charge in [0.05, 0.1) is 5.69 Å². The standard InChI is InChI=1S/C17H21FN2/c1-4-20(17-12-8-6-10-15(17)18)16-11-7-5-9-14(16)13(2)19-3/h5-13,19H,4H2,1-3H3. The summed E-state index contributed by atoms with van der Waals surface area (Å²) in [5, 5.41) is 3.25. The van der Waals surface area contributed by atoms with Gasteiger partial charge >= 0.3 is 0 Å². The Morgan fingerprint density at radius 1 is 1.05 bits per heavy atom. The van der Waals surface area contributed by atoms with E-state index >= 15 is 0 Å². The van der Waals surface area contributed by atoms with Crippen molar-refractivity contribution in [2.75, 3.05) is 18.5 Å². The highest BCUT2D eigenvalue weighted by Crippen LogP contribution is 2.32. The summed E-state index contributed by atoms with van der Waals surface area (Å²) in [5.41, 5.74) is 2.83. The van der Waals surface area contributed by atoms with E-state index in [1.807, 2.05) is 49.2 Å². The van der Waals surface area contributed by atoms with Crippen molar-refractivity contribution in [3.8, 4) is 0 Å². The van der Waals surface area contributed by atoms with Gasteiger partial charge in [-0.05, 0) is 44.7 Å². The highest BCUT2D eigenvalue weighted by atomic mass is 19.1. The number of rotatable bonds is 5. The highest BCUT2D eigenvalue weighted by molar-refractivity contribution is 5.67. The summed E-state index contributed by atoms with van der Waals surface area (Å²) in [6.07, 6.45) is 0. The molecule has 0 spiro atoms. The fourth-order valence-electron chi connectivity index (χ4n) is 2.40. The SMILES string of the molecule is CCN(c1ccccc1F)c1ccccc1C(C)NC. The molecule has 0 aromatic heterocycles. The molecule has 3 heteroatoms. The summed E-state index contributed by atoms with van der Waals surface area (Å²) in [5.74, 6) is -0.193. The Hall–Kier alpha value is -1.87. The van der Waals surface area contributed by atoms with Crippen LogP contribution in [-0.2, 0) is 0 Å². The van der Waals surface area contributed by atoms with Crippen LogP contribution in [0, 0.1) is 5.82 Å². The minimum Gasteiger partial charge on any atom is -0.339 e. The monoisotopic (exact) mass is 272 g/mol. The molecular weight excluding hydrogens is 251 g/mol. The number of anilines is 2. The molecule has 0 saturated carbocycles. The van der Waals surface area contributed by atoms with Crippen LogP contribution in [0.25, 0.3) is 0 Å². The molecule has 2 aromatic rings. The predicted molar refractivity (Wildman–Crippen MR) is 83.0 cm³/mol. The van der Waals surface area contributed by atoms with E-state index in [0.29, 0.717) is 12.2 Å². The van der Waals surface area contributed by atoms with Crippen molar-refractivity contribution >= 4 is 11.4 Å². The minimum atomic E-state index is -0.193. The molecule has 1 atom stereocenters. The van der Waals surface area contributed by atoms with Crippen molar-refractivity contribution in [1.82, 2.24) is 5.32 Å². The first-order chi connectivity index (χ1) is 9.69. The molecule has 20 heavy (non-hydrogen) atoms. The first-order valence-corrected chi connectivity index (χ1v) is 6.97. The third-order valence-electron chi connectivity index (χ3n) is 3.59. The molecule has 106 valence electrons. The number of nitrogens with one attached hydrogen (secondary N) is 1. The van der Waals surface area contributed by atoms with Gasteiger partial charge in [-0.3, -0.25) is 0 Å². The van der Waals surface area contributed by atoms with Crippen LogP contribution in [-0.4, -0.2) is 13.6 Å². The number of para-hydroxylation sites is 2. The summed E-state index contributed by atoms with van der Waals surface area (Å²) >= 11 is 0. The zero-order valence-corrected chi connectivity index (χ0v) is 12.2. The third-order valence-corrected chi connectivity index (χ3v) is 3.59. The average molecular weight is 272 g/mol. The van der Waals surface area contributed by atoms with Gasteiger partial charge in [0.1, 0.15) is 5.82 Å². The van der Waals surface area contributed by atoms with Crippen LogP contribution < -0.4 is 10.2 Å². The average Bonchev–Trinajstić information content (AvgIpc) is 2.49. The van der Waals surface area contributed by atoms with E-state index in [9.17, 15) is 4.39 Å². The zero-order valence-electron chi connectivity index (χ0n) is 12.2. The molecule has 2 aromatic carbocycles. The Balaban J connectivity index is 2.50. The van der Waals surface area contributed by atoms with Gasteiger partial charge in [0.25, 0.3) is 0 Å². The Morgan fingerprint density at radius 2 is 1.65 bits per heavy atom. The normalized spacial score (nSPS) is 12.2. The van der Waals surface area contributed by atoms with E-state index in [2.05, 4.69) is 18.3 Å².